The Kier molecular flexibility index (Phi) is 5.94. The number of anilines is 2. The molecule has 3 aromatic carbocycles. The number of hydrogen-bond acceptors (Lipinski definition) is 5. The number of carbonyl (C=O) groups excluding carboxylic acids is 2. The minimum absolute atomic E-state index is 0.0108. The maximum atomic E-state index is 14.2. The Balaban J connectivity index is 1.51. The third-order valence-corrected chi connectivity index (χ3v) is 7.63. The van der Waals surface area contributed by atoms with Gasteiger partial charge in [0.1, 0.15) is 11.6 Å². The van der Waals surface area contributed by atoms with Gasteiger partial charge in [0.05, 0.1) is 35.7 Å². The SMILES string of the molecule is Cc1nncc2c3c(c(NC(=O)N4CC(O)(C(F)(F)F)c5cc(F)ccc54)cc12)C(c1cc(F)ccc1Cl)NC3=O. The molecule has 41 heavy (non-hydrogen) atoms. The first-order valence-corrected chi connectivity index (χ1v) is 12.4. The van der Waals surface area contributed by atoms with Crippen LogP contribution in [0.25, 0.3) is 10.8 Å². The van der Waals surface area contributed by atoms with Crippen LogP contribution in [-0.2, 0) is 5.60 Å². The van der Waals surface area contributed by atoms with E-state index in [-0.39, 0.29) is 33.1 Å². The number of aromatic nitrogens is 2. The Morgan fingerprint density at radius 1 is 1.15 bits per heavy atom. The number of benzene rings is 3. The van der Waals surface area contributed by atoms with Crippen LogP contribution < -0.4 is 15.5 Å². The van der Waals surface area contributed by atoms with Crippen LogP contribution in [0.4, 0.5) is 38.1 Å². The first-order chi connectivity index (χ1) is 19.3. The largest absolute Gasteiger partial charge is 0.423 e. The molecule has 3 N–H and O–H groups in total. The van der Waals surface area contributed by atoms with Crippen LogP contribution >= 0.6 is 11.6 Å². The fourth-order valence-electron chi connectivity index (χ4n) is 5.35. The van der Waals surface area contributed by atoms with Crippen molar-refractivity contribution in [2.24, 2.45) is 0 Å². The lowest BCUT2D eigenvalue weighted by molar-refractivity contribution is -0.258. The van der Waals surface area contributed by atoms with Crippen molar-refractivity contribution >= 4 is 45.7 Å². The Bertz CT molecular complexity index is 1800. The normalized spacial score (nSPS) is 19.8. The third-order valence-electron chi connectivity index (χ3n) is 7.29. The second-order valence-electron chi connectivity index (χ2n) is 9.71. The van der Waals surface area contributed by atoms with Gasteiger partial charge in [0, 0.05) is 38.2 Å². The van der Waals surface area contributed by atoms with Gasteiger partial charge in [-0.25, -0.2) is 13.6 Å². The number of halogens is 6. The first kappa shape index (κ1) is 26.8. The van der Waals surface area contributed by atoms with Gasteiger partial charge < -0.3 is 15.7 Å². The molecule has 8 nitrogen and oxygen atoms in total. The van der Waals surface area contributed by atoms with Crippen molar-refractivity contribution in [2.45, 2.75) is 24.7 Å². The quantitative estimate of drug-likeness (QED) is 0.268. The summed E-state index contributed by atoms with van der Waals surface area (Å²) < 4.78 is 70.0. The van der Waals surface area contributed by atoms with Crippen LogP contribution in [0, 0.1) is 18.6 Å². The molecule has 1 aromatic heterocycles. The number of amides is 3. The summed E-state index contributed by atoms with van der Waals surface area (Å²) in [6.07, 6.45) is -3.89. The summed E-state index contributed by atoms with van der Waals surface area (Å²) in [5, 5.41) is 24.6. The summed E-state index contributed by atoms with van der Waals surface area (Å²) in [5.74, 6) is -2.27. The maximum absolute atomic E-state index is 14.2. The average Bonchev–Trinajstić information content (AvgIpc) is 3.41. The second-order valence-corrected chi connectivity index (χ2v) is 10.1. The number of urea groups is 1. The van der Waals surface area contributed by atoms with Gasteiger partial charge in [-0.05, 0) is 49.4 Å². The van der Waals surface area contributed by atoms with E-state index in [1.54, 1.807) is 6.92 Å². The van der Waals surface area contributed by atoms with E-state index in [9.17, 15) is 36.6 Å². The molecule has 210 valence electrons. The molecule has 0 saturated carbocycles. The highest BCUT2D eigenvalue weighted by molar-refractivity contribution is 6.31. The van der Waals surface area contributed by atoms with E-state index in [1.807, 2.05) is 0 Å². The Morgan fingerprint density at radius 2 is 1.85 bits per heavy atom. The molecular formula is C27H17ClF5N5O3. The molecule has 3 amide bonds. The number of β-amino-alcohol motifs (C(OH)–C–C–N with tert-alkyl or cyclic N) is 1. The van der Waals surface area contributed by atoms with Gasteiger partial charge in [0.2, 0.25) is 5.60 Å². The number of rotatable bonds is 2. The molecule has 0 fully saturated rings. The molecule has 2 aliphatic rings. The van der Waals surface area contributed by atoms with Gasteiger partial charge in [0.25, 0.3) is 5.91 Å². The predicted molar refractivity (Wildman–Crippen MR) is 138 cm³/mol. The Morgan fingerprint density at radius 3 is 2.59 bits per heavy atom. The van der Waals surface area contributed by atoms with Gasteiger partial charge >= 0.3 is 12.2 Å². The summed E-state index contributed by atoms with van der Waals surface area (Å²) in [6, 6.07) is 5.18. The zero-order valence-corrected chi connectivity index (χ0v) is 21.5. The number of aliphatic hydroxyl groups is 1. The van der Waals surface area contributed by atoms with Crippen molar-refractivity contribution in [3.63, 3.8) is 0 Å². The van der Waals surface area contributed by atoms with Gasteiger partial charge in [-0.15, -0.1) is 0 Å². The van der Waals surface area contributed by atoms with Crippen LogP contribution in [0.2, 0.25) is 5.02 Å². The number of nitrogens with one attached hydrogen (secondary N) is 2. The maximum Gasteiger partial charge on any atom is 0.423 e. The molecule has 0 spiro atoms. The highest BCUT2D eigenvalue weighted by Crippen LogP contribution is 2.49. The lowest BCUT2D eigenvalue weighted by Crippen LogP contribution is -2.48. The van der Waals surface area contributed by atoms with E-state index >= 15 is 0 Å². The summed E-state index contributed by atoms with van der Waals surface area (Å²) in [7, 11) is 0. The summed E-state index contributed by atoms with van der Waals surface area (Å²) >= 11 is 6.34. The van der Waals surface area contributed by atoms with E-state index in [2.05, 4.69) is 20.8 Å². The number of aryl methyl sites for hydroxylation is 1. The van der Waals surface area contributed by atoms with E-state index in [4.69, 9.17) is 11.6 Å². The van der Waals surface area contributed by atoms with Gasteiger partial charge in [-0.1, -0.05) is 11.6 Å². The Hall–Kier alpha value is -4.36. The lowest BCUT2D eigenvalue weighted by atomic mass is 9.92. The fourth-order valence-corrected chi connectivity index (χ4v) is 5.57. The van der Waals surface area contributed by atoms with Gasteiger partial charge in [-0.3, -0.25) is 9.69 Å². The topological polar surface area (TPSA) is 107 Å². The average molecular weight is 590 g/mol. The molecule has 0 radical (unpaired) electrons. The van der Waals surface area contributed by atoms with Crippen LogP contribution in [-0.4, -0.2) is 40.0 Å². The van der Waals surface area contributed by atoms with E-state index in [1.165, 1.54) is 18.3 Å². The molecule has 3 heterocycles. The minimum atomic E-state index is -5.24. The van der Waals surface area contributed by atoms with Crippen molar-refractivity contribution in [3.8, 4) is 0 Å². The molecule has 2 unspecified atom stereocenters. The van der Waals surface area contributed by atoms with E-state index in [0.29, 0.717) is 27.4 Å². The molecule has 6 rings (SSSR count). The van der Waals surface area contributed by atoms with Crippen molar-refractivity contribution in [1.82, 2.24) is 15.5 Å². The standard InChI is InChI=1S/C27H17ClF5N5O3/c1-11-14-8-19(35-25(40)38-10-26(41,27(31,32)33)17-7-13(30)3-5-20(17)38)22-21(16(14)9-34-37-11)24(39)36-23(22)15-6-12(29)2-4-18(15)28/h2-9,23,41H,10H2,1H3,(H,35,40)(H,36,39). The minimum Gasteiger partial charge on any atom is -0.375 e. The van der Waals surface area contributed by atoms with Crippen LogP contribution in [0.15, 0.2) is 48.7 Å². The molecule has 2 atom stereocenters. The van der Waals surface area contributed by atoms with Crippen LogP contribution in [0.1, 0.15) is 38.8 Å². The van der Waals surface area contributed by atoms with Gasteiger partial charge in [0.15, 0.2) is 0 Å². The molecule has 0 saturated heterocycles. The number of hydrogen-bond donors (Lipinski definition) is 3. The zero-order chi connectivity index (χ0) is 29.4. The Labute approximate surface area is 232 Å². The smallest absolute Gasteiger partial charge is 0.375 e. The third kappa shape index (κ3) is 4.06. The fraction of sp³-hybridized carbons (Fsp3) is 0.185. The van der Waals surface area contributed by atoms with Crippen LogP contribution in [0.5, 0.6) is 0 Å². The molecule has 0 bridgehead atoms. The first-order valence-electron chi connectivity index (χ1n) is 12.0. The molecular weight excluding hydrogens is 573 g/mol. The van der Waals surface area contributed by atoms with Crippen molar-refractivity contribution in [2.75, 3.05) is 16.8 Å². The van der Waals surface area contributed by atoms with E-state index in [0.717, 1.165) is 24.3 Å². The monoisotopic (exact) mass is 589 g/mol. The lowest BCUT2D eigenvalue weighted by Gasteiger charge is -2.27. The number of nitrogens with zero attached hydrogens (tertiary/aromatic N) is 3. The zero-order valence-electron chi connectivity index (χ0n) is 20.8. The number of alkyl halides is 3. The summed E-state index contributed by atoms with van der Waals surface area (Å²) in [4.78, 5) is 27.4. The summed E-state index contributed by atoms with van der Waals surface area (Å²) in [6.45, 7) is 0.355. The van der Waals surface area contributed by atoms with E-state index < -0.39 is 53.5 Å². The molecule has 0 aliphatic carbocycles. The highest BCUT2D eigenvalue weighted by atomic mass is 35.5. The number of fused-ring (bicyclic) bond motifs is 4. The molecule has 14 heteroatoms. The van der Waals surface area contributed by atoms with Gasteiger partial charge in [-0.2, -0.15) is 23.4 Å². The second kappa shape index (κ2) is 9.08. The van der Waals surface area contributed by atoms with Crippen molar-refractivity contribution < 1.29 is 36.6 Å². The molecule has 4 aromatic rings. The van der Waals surface area contributed by atoms with Crippen molar-refractivity contribution in [3.05, 3.63) is 93.3 Å². The molecule has 2 aliphatic heterocycles. The predicted octanol–water partition coefficient (Wildman–Crippen LogP) is 5.50. The summed E-state index contributed by atoms with van der Waals surface area (Å²) in [5.41, 5.74) is -3.93. The van der Waals surface area contributed by atoms with Crippen LogP contribution in [0.3, 0.4) is 0 Å². The van der Waals surface area contributed by atoms with Crippen molar-refractivity contribution in [1.29, 1.82) is 0 Å². The number of carbonyl (C=O) groups is 2. The highest BCUT2D eigenvalue weighted by Gasteiger charge is 2.61.